The van der Waals surface area contributed by atoms with Gasteiger partial charge in [0.25, 0.3) is 11.6 Å². The second-order valence-corrected chi connectivity index (χ2v) is 5.36. The van der Waals surface area contributed by atoms with E-state index in [2.05, 4.69) is 10.3 Å². The number of H-pyrrole nitrogens is 1. The molecule has 100 valence electrons. The summed E-state index contributed by atoms with van der Waals surface area (Å²) in [6.45, 7) is 1.95. The highest BCUT2D eigenvalue weighted by atomic mass is 16.2. The molecule has 1 saturated carbocycles. The van der Waals surface area contributed by atoms with Crippen LogP contribution in [-0.4, -0.2) is 16.9 Å². The number of pyridine rings is 1. The van der Waals surface area contributed by atoms with Crippen molar-refractivity contribution in [3.63, 3.8) is 0 Å². The fourth-order valence-electron chi connectivity index (χ4n) is 2.95. The van der Waals surface area contributed by atoms with Crippen LogP contribution in [0.5, 0.6) is 0 Å². The van der Waals surface area contributed by atoms with Crippen molar-refractivity contribution in [2.24, 2.45) is 0 Å². The third-order valence-corrected chi connectivity index (χ3v) is 3.93. The van der Waals surface area contributed by atoms with E-state index < -0.39 is 0 Å². The van der Waals surface area contributed by atoms with Gasteiger partial charge in [-0.05, 0) is 18.9 Å². The van der Waals surface area contributed by atoms with Crippen molar-refractivity contribution in [2.45, 2.75) is 45.1 Å². The maximum Gasteiger partial charge on any atom is 0.295 e. The number of hydrogen-bond acceptors (Lipinski definition) is 1. The molecule has 4 heteroatoms. The minimum atomic E-state index is 0.0341. The van der Waals surface area contributed by atoms with E-state index in [1.165, 1.54) is 19.3 Å². The molecule has 0 aromatic carbocycles. The van der Waals surface area contributed by atoms with Crippen LogP contribution in [0.3, 0.4) is 0 Å². The summed E-state index contributed by atoms with van der Waals surface area (Å²) in [6.07, 6.45) is 7.90. The third-order valence-electron chi connectivity index (χ3n) is 3.93. The number of imidazole rings is 1. The van der Waals surface area contributed by atoms with Crippen molar-refractivity contribution in [3.05, 3.63) is 35.8 Å². The first kappa shape index (κ1) is 12.2. The number of nitrogens with one attached hydrogen (secondary N) is 2. The quantitative estimate of drug-likeness (QED) is 0.796. The van der Waals surface area contributed by atoms with Crippen LogP contribution in [0, 0.1) is 6.92 Å². The summed E-state index contributed by atoms with van der Waals surface area (Å²) in [5.74, 6) is 0.0341. The molecule has 0 aliphatic heterocycles. The SMILES string of the molecule is Cc1[nH]c2cccc[n+]2c1C(=O)NC1CCCCC1. The number of carbonyl (C=O) groups excluding carboxylic acids is 1. The highest BCUT2D eigenvalue weighted by molar-refractivity contribution is 5.92. The van der Waals surface area contributed by atoms with E-state index in [4.69, 9.17) is 0 Å². The summed E-state index contributed by atoms with van der Waals surface area (Å²) in [6, 6.07) is 6.23. The minimum Gasteiger partial charge on any atom is -0.346 e. The highest BCUT2D eigenvalue weighted by Crippen LogP contribution is 2.18. The Morgan fingerprint density at radius 3 is 2.89 bits per heavy atom. The molecule has 4 nitrogen and oxygen atoms in total. The number of aromatic amines is 1. The number of nitrogens with zero attached hydrogens (tertiary/aromatic N) is 1. The van der Waals surface area contributed by atoms with Gasteiger partial charge in [0, 0.05) is 19.0 Å². The highest BCUT2D eigenvalue weighted by Gasteiger charge is 2.25. The number of aromatic nitrogens is 2. The molecule has 2 N–H and O–H groups in total. The summed E-state index contributed by atoms with van der Waals surface area (Å²) in [7, 11) is 0. The van der Waals surface area contributed by atoms with Gasteiger partial charge in [-0.3, -0.25) is 4.79 Å². The lowest BCUT2D eigenvalue weighted by Crippen LogP contribution is -2.41. The third kappa shape index (κ3) is 2.35. The molecule has 0 spiro atoms. The van der Waals surface area contributed by atoms with E-state index in [1.807, 2.05) is 35.7 Å². The van der Waals surface area contributed by atoms with Crippen LogP contribution in [0.15, 0.2) is 24.4 Å². The second-order valence-electron chi connectivity index (χ2n) is 5.36. The lowest BCUT2D eigenvalue weighted by molar-refractivity contribution is -0.513. The zero-order chi connectivity index (χ0) is 13.2. The van der Waals surface area contributed by atoms with Crippen molar-refractivity contribution in [1.82, 2.24) is 10.3 Å². The van der Waals surface area contributed by atoms with Gasteiger partial charge in [0.15, 0.2) is 5.69 Å². The van der Waals surface area contributed by atoms with Crippen molar-refractivity contribution < 1.29 is 9.20 Å². The Balaban J connectivity index is 1.86. The summed E-state index contributed by atoms with van der Waals surface area (Å²) in [4.78, 5) is 15.7. The maximum absolute atomic E-state index is 12.5. The fourth-order valence-corrected chi connectivity index (χ4v) is 2.95. The second kappa shape index (κ2) is 5.03. The lowest BCUT2D eigenvalue weighted by Gasteiger charge is -2.22. The first-order valence-electron chi connectivity index (χ1n) is 7.05. The van der Waals surface area contributed by atoms with Gasteiger partial charge >= 0.3 is 0 Å². The minimum absolute atomic E-state index is 0.0341. The van der Waals surface area contributed by atoms with Gasteiger partial charge in [-0.25, -0.2) is 4.98 Å². The van der Waals surface area contributed by atoms with Crippen LogP contribution in [0.25, 0.3) is 5.65 Å². The molecular weight excluding hydrogens is 238 g/mol. The summed E-state index contributed by atoms with van der Waals surface area (Å²) >= 11 is 0. The number of fused-ring (bicyclic) bond motifs is 1. The maximum atomic E-state index is 12.5. The van der Waals surface area contributed by atoms with E-state index in [9.17, 15) is 4.79 Å². The number of rotatable bonds is 2. The summed E-state index contributed by atoms with van der Waals surface area (Å²) in [5.41, 5.74) is 2.59. The molecule has 19 heavy (non-hydrogen) atoms. The predicted molar refractivity (Wildman–Crippen MR) is 73.0 cm³/mol. The Bertz CT molecular complexity index is 596. The fraction of sp³-hybridized carbons (Fsp3) is 0.467. The van der Waals surface area contributed by atoms with Crippen molar-refractivity contribution in [1.29, 1.82) is 0 Å². The predicted octanol–water partition coefficient (Wildman–Crippen LogP) is 2.12. The zero-order valence-corrected chi connectivity index (χ0v) is 11.3. The Hall–Kier alpha value is -1.84. The van der Waals surface area contributed by atoms with Crippen LogP contribution in [0.4, 0.5) is 0 Å². The van der Waals surface area contributed by atoms with Gasteiger partial charge in [-0.1, -0.05) is 25.3 Å². The Morgan fingerprint density at radius 2 is 2.11 bits per heavy atom. The molecule has 0 atom stereocenters. The summed E-state index contributed by atoms with van der Waals surface area (Å²) in [5, 5.41) is 3.17. The van der Waals surface area contributed by atoms with E-state index in [1.54, 1.807) is 0 Å². The smallest absolute Gasteiger partial charge is 0.295 e. The summed E-state index contributed by atoms with van der Waals surface area (Å²) < 4.78 is 1.92. The largest absolute Gasteiger partial charge is 0.346 e. The zero-order valence-electron chi connectivity index (χ0n) is 11.3. The molecule has 2 aromatic rings. The Morgan fingerprint density at radius 1 is 1.32 bits per heavy atom. The molecule has 1 fully saturated rings. The molecular formula is C15H20N3O+. The first-order chi connectivity index (χ1) is 9.25. The van der Waals surface area contributed by atoms with Crippen LogP contribution < -0.4 is 9.72 Å². The topological polar surface area (TPSA) is 49.0 Å². The molecule has 0 unspecified atom stereocenters. The van der Waals surface area contributed by atoms with Crippen molar-refractivity contribution in [2.75, 3.05) is 0 Å². The standard InChI is InChI=1S/C15H19N3O/c1-11-14(18-10-6-5-9-13(18)16-11)15(19)17-12-7-3-2-4-8-12/h5-6,9-10,12H,2-4,7-8H2,1H3,(H,17,19)/p+1. The normalized spacial score (nSPS) is 16.7. The van der Waals surface area contributed by atoms with Crippen LogP contribution in [0.2, 0.25) is 0 Å². The van der Waals surface area contributed by atoms with Crippen molar-refractivity contribution >= 4 is 11.6 Å². The molecule has 0 bridgehead atoms. The Labute approximate surface area is 112 Å². The van der Waals surface area contributed by atoms with E-state index >= 15 is 0 Å². The van der Waals surface area contributed by atoms with Gasteiger partial charge in [-0.2, -0.15) is 4.40 Å². The molecule has 3 rings (SSSR count). The monoisotopic (exact) mass is 258 g/mol. The van der Waals surface area contributed by atoms with Gasteiger partial charge in [0.05, 0.1) is 6.20 Å². The molecule has 2 aromatic heterocycles. The van der Waals surface area contributed by atoms with E-state index in [0.717, 1.165) is 29.9 Å². The number of aryl methyl sites for hydroxylation is 1. The number of hydrogen-bond donors (Lipinski definition) is 2. The molecule has 1 amide bonds. The molecule has 1 aliphatic carbocycles. The van der Waals surface area contributed by atoms with Crippen LogP contribution in [0.1, 0.15) is 48.3 Å². The molecule has 0 saturated heterocycles. The average molecular weight is 258 g/mol. The van der Waals surface area contributed by atoms with Gasteiger partial charge in [-0.15, -0.1) is 0 Å². The first-order valence-corrected chi connectivity index (χ1v) is 7.05. The van der Waals surface area contributed by atoms with Crippen LogP contribution >= 0.6 is 0 Å². The number of carbonyl (C=O) groups is 1. The average Bonchev–Trinajstić information content (AvgIpc) is 2.75. The van der Waals surface area contributed by atoms with E-state index in [0.29, 0.717) is 6.04 Å². The van der Waals surface area contributed by atoms with Crippen LogP contribution in [-0.2, 0) is 0 Å². The van der Waals surface area contributed by atoms with Gasteiger partial charge in [0.2, 0.25) is 5.69 Å². The number of amides is 1. The lowest BCUT2D eigenvalue weighted by atomic mass is 9.95. The Kier molecular flexibility index (Phi) is 3.23. The van der Waals surface area contributed by atoms with Crippen molar-refractivity contribution in [3.8, 4) is 0 Å². The van der Waals surface area contributed by atoms with Gasteiger partial charge in [0.1, 0.15) is 0 Å². The van der Waals surface area contributed by atoms with Gasteiger partial charge < -0.3 is 5.32 Å². The van der Waals surface area contributed by atoms with E-state index in [-0.39, 0.29) is 5.91 Å². The molecule has 0 radical (unpaired) electrons. The molecule has 1 aliphatic rings. The molecule has 2 heterocycles.